The van der Waals surface area contributed by atoms with Crippen molar-refractivity contribution in [2.24, 2.45) is 11.8 Å². The van der Waals surface area contributed by atoms with E-state index in [0.717, 1.165) is 5.52 Å². The highest BCUT2D eigenvalue weighted by Gasteiger charge is 2.36. The molecule has 0 spiro atoms. The highest BCUT2D eigenvalue weighted by molar-refractivity contribution is 6.31. The lowest BCUT2D eigenvalue weighted by molar-refractivity contribution is -0.140. The Hall–Kier alpha value is -2.16. The van der Waals surface area contributed by atoms with Crippen molar-refractivity contribution in [1.82, 2.24) is 25.1 Å². The first-order valence-electron chi connectivity index (χ1n) is 11.0. The molecule has 9 heteroatoms. The fourth-order valence-corrected chi connectivity index (χ4v) is 4.56. The van der Waals surface area contributed by atoms with Crippen LogP contribution in [0.4, 0.5) is 0 Å². The Bertz CT molecular complexity index is 940. The van der Waals surface area contributed by atoms with E-state index in [1.54, 1.807) is 12.1 Å². The summed E-state index contributed by atoms with van der Waals surface area (Å²) in [5, 5.41) is 3.96. The number of rotatable bonds is 5. The van der Waals surface area contributed by atoms with E-state index in [1.807, 2.05) is 15.9 Å². The molecule has 2 N–H and O–H groups in total. The van der Waals surface area contributed by atoms with Crippen LogP contribution in [0, 0.1) is 11.8 Å². The Morgan fingerprint density at radius 1 is 1.29 bits per heavy atom. The van der Waals surface area contributed by atoms with Gasteiger partial charge in [0.15, 0.2) is 5.82 Å². The Morgan fingerprint density at radius 3 is 2.81 bits per heavy atom. The SMILES string of the molecule is CC(C)CN(C(=O)c1nc2cc(Cl)ccc2[nH]1)[C@@H]1CNC[C@H](C(=O)N2CCOCC2)C1. The number of fused-ring (bicyclic) bond motifs is 1. The van der Waals surface area contributed by atoms with Crippen molar-refractivity contribution in [3.05, 3.63) is 29.0 Å². The van der Waals surface area contributed by atoms with Crippen molar-refractivity contribution in [1.29, 1.82) is 0 Å². The van der Waals surface area contributed by atoms with E-state index in [0.29, 0.717) is 68.7 Å². The summed E-state index contributed by atoms with van der Waals surface area (Å²) in [7, 11) is 0. The van der Waals surface area contributed by atoms with Crippen LogP contribution in [-0.4, -0.2) is 83.6 Å². The van der Waals surface area contributed by atoms with Crippen molar-refractivity contribution < 1.29 is 14.3 Å². The molecule has 2 atom stereocenters. The smallest absolute Gasteiger partial charge is 0.289 e. The molecule has 2 saturated heterocycles. The number of nitrogens with zero attached hydrogens (tertiary/aromatic N) is 3. The minimum atomic E-state index is -0.146. The van der Waals surface area contributed by atoms with Crippen LogP contribution in [0.5, 0.6) is 0 Å². The number of benzene rings is 1. The molecule has 3 heterocycles. The molecule has 168 valence electrons. The number of halogens is 1. The van der Waals surface area contributed by atoms with Gasteiger partial charge in [-0.15, -0.1) is 0 Å². The third-order valence-electron chi connectivity index (χ3n) is 5.91. The summed E-state index contributed by atoms with van der Waals surface area (Å²) >= 11 is 6.07. The molecule has 1 aromatic carbocycles. The second-order valence-electron chi connectivity index (χ2n) is 8.78. The molecule has 31 heavy (non-hydrogen) atoms. The number of carbonyl (C=O) groups is 2. The molecule has 1 aromatic heterocycles. The van der Waals surface area contributed by atoms with Gasteiger partial charge in [-0.25, -0.2) is 4.98 Å². The van der Waals surface area contributed by atoms with Crippen LogP contribution in [0.1, 0.15) is 30.9 Å². The molecule has 2 aromatic rings. The van der Waals surface area contributed by atoms with Crippen molar-refractivity contribution in [2.45, 2.75) is 26.3 Å². The van der Waals surface area contributed by atoms with Gasteiger partial charge in [0.25, 0.3) is 5.91 Å². The molecule has 0 radical (unpaired) electrons. The molecular weight excluding hydrogens is 418 g/mol. The zero-order valence-corrected chi connectivity index (χ0v) is 18.8. The number of ether oxygens (including phenoxy) is 1. The molecule has 0 saturated carbocycles. The number of amides is 2. The summed E-state index contributed by atoms with van der Waals surface area (Å²) in [6.07, 6.45) is 0.647. The van der Waals surface area contributed by atoms with Crippen LogP contribution < -0.4 is 5.32 Å². The lowest BCUT2D eigenvalue weighted by atomic mass is 9.92. The minimum Gasteiger partial charge on any atom is -0.378 e. The number of morpholine rings is 1. The highest BCUT2D eigenvalue weighted by Crippen LogP contribution is 2.23. The maximum Gasteiger partial charge on any atom is 0.289 e. The molecular formula is C22H30ClN5O3. The van der Waals surface area contributed by atoms with E-state index >= 15 is 0 Å². The summed E-state index contributed by atoms with van der Waals surface area (Å²) in [4.78, 5) is 37.9. The average molecular weight is 448 g/mol. The van der Waals surface area contributed by atoms with Crippen LogP contribution in [-0.2, 0) is 9.53 Å². The van der Waals surface area contributed by atoms with Crippen molar-refractivity contribution in [3.8, 4) is 0 Å². The van der Waals surface area contributed by atoms with Gasteiger partial charge in [-0.2, -0.15) is 0 Å². The molecule has 0 bridgehead atoms. The first-order valence-corrected chi connectivity index (χ1v) is 11.3. The highest BCUT2D eigenvalue weighted by atomic mass is 35.5. The van der Waals surface area contributed by atoms with Gasteiger partial charge in [0.2, 0.25) is 5.91 Å². The normalized spacial score (nSPS) is 22.1. The second kappa shape index (κ2) is 9.54. The van der Waals surface area contributed by atoms with Crippen LogP contribution in [0.2, 0.25) is 5.02 Å². The van der Waals surface area contributed by atoms with E-state index in [9.17, 15) is 9.59 Å². The summed E-state index contributed by atoms with van der Waals surface area (Å²) in [6, 6.07) is 5.27. The zero-order chi connectivity index (χ0) is 22.0. The number of hydrogen-bond donors (Lipinski definition) is 2. The molecule has 2 aliphatic heterocycles. The van der Waals surface area contributed by atoms with Crippen LogP contribution >= 0.6 is 11.6 Å². The van der Waals surface area contributed by atoms with Crippen LogP contribution in [0.15, 0.2) is 18.2 Å². The first-order chi connectivity index (χ1) is 14.9. The van der Waals surface area contributed by atoms with Gasteiger partial charge in [0.1, 0.15) is 0 Å². The van der Waals surface area contributed by atoms with Gasteiger partial charge in [0.05, 0.1) is 30.2 Å². The Labute approximate surface area is 187 Å². The maximum atomic E-state index is 13.5. The monoisotopic (exact) mass is 447 g/mol. The fraction of sp³-hybridized carbons (Fsp3) is 0.591. The summed E-state index contributed by atoms with van der Waals surface area (Å²) in [5.41, 5.74) is 1.45. The number of imidazole rings is 1. The van der Waals surface area contributed by atoms with Gasteiger partial charge in [-0.1, -0.05) is 25.4 Å². The van der Waals surface area contributed by atoms with Gasteiger partial charge in [0, 0.05) is 43.8 Å². The summed E-state index contributed by atoms with van der Waals surface area (Å²) < 4.78 is 5.37. The number of H-pyrrole nitrogens is 1. The molecule has 4 rings (SSSR count). The quantitative estimate of drug-likeness (QED) is 0.733. The number of aromatic nitrogens is 2. The second-order valence-corrected chi connectivity index (χ2v) is 9.22. The molecule has 2 aliphatic rings. The minimum absolute atomic E-state index is 0.0737. The predicted molar refractivity (Wildman–Crippen MR) is 119 cm³/mol. The van der Waals surface area contributed by atoms with E-state index in [4.69, 9.17) is 16.3 Å². The lowest BCUT2D eigenvalue weighted by Crippen LogP contribution is -2.56. The molecule has 8 nitrogen and oxygen atoms in total. The number of hydrogen-bond acceptors (Lipinski definition) is 5. The van der Waals surface area contributed by atoms with E-state index in [2.05, 4.69) is 29.1 Å². The number of piperidine rings is 1. The van der Waals surface area contributed by atoms with Crippen LogP contribution in [0.25, 0.3) is 11.0 Å². The van der Waals surface area contributed by atoms with E-state index < -0.39 is 0 Å². The topological polar surface area (TPSA) is 90.6 Å². The van der Waals surface area contributed by atoms with Gasteiger partial charge in [-0.05, 0) is 30.5 Å². The number of aromatic amines is 1. The third-order valence-corrected chi connectivity index (χ3v) is 6.15. The van der Waals surface area contributed by atoms with E-state index in [-0.39, 0.29) is 29.7 Å². The molecule has 0 unspecified atom stereocenters. The average Bonchev–Trinajstić information content (AvgIpc) is 3.20. The Morgan fingerprint density at radius 2 is 2.06 bits per heavy atom. The molecule has 0 aliphatic carbocycles. The standard InChI is InChI=1S/C22H30ClN5O3/c1-14(2)13-28(22(30)20-25-18-4-3-16(23)10-19(18)26-20)17-9-15(11-24-12-17)21(29)27-5-7-31-8-6-27/h3-4,10,14-15,17,24H,5-9,11-13H2,1-2H3,(H,25,26)/t15-,17+/m1/s1. The molecule has 2 fully saturated rings. The molecule has 2 amide bonds. The maximum absolute atomic E-state index is 13.5. The Kier molecular flexibility index (Phi) is 6.79. The van der Waals surface area contributed by atoms with Gasteiger partial charge < -0.3 is 24.8 Å². The van der Waals surface area contributed by atoms with Crippen molar-refractivity contribution >= 4 is 34.4 Å². The number of carbonyl (C=O) groups excluding carboxylic acids is 2. The van der Waals surface area contributed by atoms with Crippen molar-refractivity contribution in [3.63, 3.8) is 0 Å². The lowest BCUT2D eigenvalue weighted by Gasteiger charge is -2.39. The third kappa shape index (κ3) is 5.02. The van der Waals surface area contributed by atoms with E-state index in [1.165, 1.54) is 0 Å². The number of nitrogens with one attached hydrogen (secondary N) is 2. The van der Waals surface area contributed by atoms with Crippen LogP contribution in [0.3, 0.4) is 0 Å². The van der Waals surface area contributed by atoms with Crippen molar-refractivity contribution in [2.75, 3.05) is 45.9 Å². The Balaban J connectivity index is 1.53. The summed E-state index contributed by atoms with van der Waals surface area (Å²) in [5.74, 6) is 0.453. The predicted octanol–water partition coefficient (Wildman–Crippen LogP) is 2.15. The fourth-order valence-electron chi connectivity index (χ4n) is 4.39. The largest absolute Gasteiger partial charge is 0.378 e. The van der Waals surface area contributed by atoms with Gasteiger partial charge >= 0.3 is 0 Å². The summed E-state index contributed by atoms with van der Waals surface area (Å²) in [6.45, 7) is 8.52. The van der Waals surface area contributed by atoms with Gasteiger partial charge in [-0.3, -0.25) is 9.59 Å². The first kappa shape index (κ1) is 22.0. The zero-order valence-electron chi connectivity index (χ0n) is 18.1.